The van der Waals surface area contributed by atoms with E-state index in [2.05, 4.69) is 20.7 Å². The molecule has 0 saturated carbocycles. The summed E-state index contributed by atoms with van der Waals surface area (Å²) >= 11 is 0. The Hall–Kier alpha value is -2.70. The molecule has 0 spiro atoms. The van der Waals surface area contributed by atoms with Crippen LogP contribution < -0.4 is 10.6 Å². The van der Waals surface area contributed by atoms with Crippen molar-refractivity contribution in [1.29, 1.82) is 0 Å². The van der Waals surface area contributed by atoms with E-state index in [9.17, 15) is 9.59 Å². The van der Waals surface area contributed by atoms with E-state index in [4.69, 9.17) is 0 Å². The fourth-order valence-corrected chi connectivity index (χ4v) is 2.11. The van der Waals surface area contributed by atoms with E-state index in [1.807, 2.05) is 24.3 Å². The van der Waals surface area contributed by atoms with Gasteiger partial charge in [0.05, 0.1) is 5.69 Å². The number of nitrogens with zero attached hydrogens (tertiary/aromatic N) is 3. The lowest BCUT2D eigenvalue weighted by Gasteiger charge is -2.24. The minimum absolute atomic E-state index is 0.247. The number of aromatic nitrogens is 3. The van der Waals surface area contributed by atoms with Gasteiger partial charge in [-0.1, -0.05) is 18.2 Å². The van der Waals surface area contributed by atoms with Gasteiger partial charge in [0.2, 0.25) is 11.8 Å². The highest BCUT2D eigenvalue weighted by Crippen LogP contribution is 2.13. The maximum atomic E-state index is 12.2. The average Bonchev–Trinajstić information content (AvgIpc) is 2.97. The molecule has 2 amide bonds. The number of amides is 2. The minimum Gasteiger partial charge on any atom is -0.350 e. The Morgan fingerprint density at radius 3 is 2.64 bits per heavy atom. The maximum absolute atomic E-state index is 12.2. The first-order chi connectivity index (χ1) is 10.4. The van der Waals surface area contributed by atoms with Crippen LogP contribution in [0.15, 0.2) is 36.9 Å². The zero-order valence-electron chi connectivity index (χ0n) is 12.8. The second-order valence-corrected chi connectivity index (χ2v) is 5.46. The van der Waals surface area contributed by atoms with Crippen molar-refractivity contribution in [2.24, 2.45) is 0 Å². The third-order valence-corrected chi connectivity index (χ3v) is 3.15. The van der Waals surface area contributed by atoms with E-state index in [-0.39, 0.29) is 11.8 Å². The van der Waals surface area contributed by atoms with Gasteiger partial charge in [-0.25, -0.2) is 9.67 Å². The molecule has 0 aliphatic rings. The Labute approximate surface area is 128 Å². The second kappa shape index (κ2) is 6.38. The molecule has 2 N–H and O–H groups in total. The molecule has 0 atom stereocenters. The standard InChI is InChI=1S/C15H19N5O2/c1-11(21)19-15(2,3)14(22)17-8-12-6-4-5-7-13(12)20-10-16-9-18-20/h4-7,9-10H,8H2,1-3H3,(H,17,22)(H,19,21). The summed E-state index contributed by atoms with van der Waals surface area (Å²) in [5.41, 5.74) is 0.784. The quantitative estimate of drug-likeness (QED) is 0.855. The van der Waals surface area contributed by atoms with E-state index in [1.165, 1.54) is 13.3 Å². The first-order valence-electron chi connectivity index (χ1n) is 6.90. The highest BCUT2D eigenvalue weighted by molar-refractivity contribution is 5.90. The largest absolute Gasteiger partial charge is 0.350 e. The van der Waals surface area contributed by atoms with Crippen molar-refractivity contribution in [2.45, 2.75) is 32.9 Å². The first-order valence-corrected chi connectivity index (χ1v) is 6.90. The minimum atomic E-state index is -0.964. The topological polar surface area (TPSA) is 88.9 Å². The van der Waals surface area contributed by atoms with Crippen LogP contribution in [-0.4, -0.2) is 32.1 Å². The third-order valence-electron chi connectivity index (χ3n) is 3.15. The molecule has 1 aromatic heterocycles. The third kappa shape index (κ3) is 3.69. The smallest absolute Gasteiger partial charge is 0.245 e. The van der Waals surface area contributed by atoms with Crippen LogP contribution in [0.5, 0.6) is 0 Å². The van der Waals surface area contributed by atoms with Crippen LogP contribution in [-0.2, 0) is 16.1 Å². The monoisotopic (exact) mass is 301 g/mol. The summed E-state index contributed by atoms with van der Waals surface area (Å²) in [6.45, 7) is 5.03. The summed E-state index contributed by atoms with van der Waals surface area (Å²) in [7, 11) is 0. The fraction of sp³-hybridized carbons (Fsp3) is 0.333. The van der Waals surface area contributed by atoms with Crippen molar-refractivity contribution < 1.29 is 9.59 Å². The van der Waals surface area contributed by atoms with Gasteiger partial charge in [0, 0.05) is 13.5 Å². The van der Waals surface area contributed by atoms with Gasteiger partial charge in [0.1, 0.15) is 18.2 Å². The number of hydrogen-bond donors (Lipinski definition) is 2. The lowest BCUT2D eigenvalue weighted by molar-refractivity contribution is -0.131. The summed E-state index contributed by atoms with van der Waals surface area (Å²) in [5, 5.41) is 9.55. The van der Waals surface area contributed by atoms with E-state index < -0.39 is 5.54 Å². The Morgan fingerprint density at radius 1 is 1.27 bits per heavy atom. The number of hydrogen-bond acceptors (Lipinski definition) is 4. The van der Waals surface area contributed by atoms with Crippen LogP contribution in [0.3, 0.4) is 0 Å². The molecule has 7 nitrogen and oxygen atoms in total. The summed E-state index contributed by atoms with van der Waals surface area (Å²) in [4.78, 5) is 27.3. The summed E-state index contributed by atoms with van der Waals surface area (Å²) in [6, 6.07) is 7.59. The van der Waals surface area contributed by atoms with Crippen LogP contribution in [0.2, 0.25) is 0 Å². The predicted octanol–water partition coefficient (Wildman–Crippen LogP) is 0.798. The number of rotatable bonds is 5. The molecular weight excluding hydrogens is 282 g/mol. The Balaban J connectivity index is 2.09. The van der Waals surface area contributed by atoms with E-state index >= 15 is 0 Å². The van der Waals surface area contributed by atoms with Gasteiger partial charge >= 0.3 is 0 Å². The van der Waals surface area contributed by atoms with Gasteiger partial charge in [0.25, 0.3) is 0 Å². The van der Waals surface area contributed by atoms with Crippen molar-refractivity contribution in [3.63, 3.8) is 0 Å². The second-order valence-electron chi connectivity index (χ2n) is 5.46. The van der Waals surface area contributed by atoms with E-state index in [0.29, 0.717) is 6.54 Å². The van der Waals surface area contributed by atoms with E-state index in [1.54, 1.807) is 24.9 Å². The van der Waals surface area contributed by atoms with Crippen molar-refractivity contribution >= 4 is 11.8 Å². The fourth-order valence-electron chi connectivity index (χ4n) is 2.11. The normalized spacial score (nSPS) is 11.0. The molecule has 0 radical (unpaired) electrons. The van der Waals surface area contributed by atoms with Crippen molar-refractivity contribution in [3.8, 4) is 5.69 Å². The molecular formula is C15H19N5O2. The SMILES string of the molecule is CC(=O)NC(C)(C)C(=O)NCc1ccccc1-n1cncn1. The molecule has 0 saturated heterocycles. The van der Waals surface area contributed by atoms with Crippen LogP contribution in [0.1, 0.15) is 26.3 Å². The summed E-state index contributed by atoms with van der Waals surface area (Å²) < 4.78 is 1.64. The van der Waals surface area contributed by atoms with Gasteiger partial charge in [-0.2, -0.15) is 5.10 Å². The molecule has 22 heavy (non-hydrogen) atoms. The Morgan fingerprint density at radius 2 is 2.00 bits per heavy atom. The summed E-state index contributed by atoms with van der Waals surface area (Å²) in [6.07, 6.45) is 3.05. The average molecular weight is 301 g/mol. The zero-order valence-corrected chi connectivity index (χ0v) is 12.8. The van der Waals surface area contributed by atoms with Gasteiger partial charge in [-0.05, 0) is 25.5 Å². The lowest BCUT2D eigenvalue weighted by Crippen LogP contribution is -2.54. The molecule has 0 fully saturated rings. The number of benzene rings is 1. The van der Waals surface area contributed by atoms with Gasteiger partial charge in [-0.15, -0.1) is 0 Å². The maximum Gasteiger partial charge on any atom is 0.245 e. The Kier molecular flexibility index (Phi) is 4.55. The first kappa shape index (κ1) is 15.7. The van der Waals surface area contributed by atoms with Crippen LogP contribution >= 0.6 is 0 Å². The van der Waals surface area contributed by atoms with Gasteiger partial charge < -0.3 is 10.6 Å². The molecule has 7 heteroatoms. The molecule has 1 aromatic carbocycles. The lowest BCUT2D eigenvalue weighted by atomic mass is 10.0. The molecule has 2 rings (SSSR count). The number of nitrogens with one attached hydrogen (secondary N) is 2. The summed E-state index contributed by atoms with van der Waals surface area (Å²) in [5.74, 6) is -0.501. The molecule has 0 aliphatic carbocycles. The van der Waals surface area contributed by atoms with Crippen LogP contribution in [0.4, 0.5) is 0 Å². The molecule has 2 aromatic rings. The Bertz CT molecular complexity index is 664. The molecule has 116 valence electrons. The molecule has 0 aliphatic heterocycles. The highest BCUT2D eigenvalue weighted by Gasteiger charge is 2.28. The number of carbonyl (C=O) groups excluding carboxylic acids is 2. The van der Waals surface area contributed by atoms with Gasteiger partial charge in [0.15, 0.2) is 0 Å². The predicted molar refractivity (Wildman–Crippen MR) is 81.1 cm³/mol. The molecule has 1 heterocycles. The van der Waals surface area contributed by atoms with Gasteiger partial charge in [-0.3, -0.25) is 9.59 Å². The van der Waals surface area contributed by atoms with Crippen molar-refractivity contribution in [2.75, 3.05) is 0 Å². The zero-order chi connectivity index (χ0) is 16.2. The molecule has 0 unspecified atom stereocenters. The number of para-hydroxylation sites is 1. The van der Waals surface area contributed by atoms with Crippen LogP contribution in [0.25, 0.3) is 5.69 Å². The van der Waals surface area contributed by atoms with E-state index in [0.717, 1.165) is 11.3 Å². The van der Waals surface area contributed by atoms with Crippen LogP contribution in [0, 0.1) is 0 Å². The van der Waals surface area contributed by atoms with Crippen molar-refractivity contribution in [3.05, 3.63) is 42.5 Å². The number of carbonyl (C=O) groups is 2. The highest BCUT2D eigenvalue weighted by atomic mass is 16.2. The molecule has 0 bridgehead atoms. The van der Waals surface area contributed by atoms with Crippen molar-refractivity contribution in [1.82, 2.24) is 25.4 Å².